The van der Waals surface area contributed by atoms with Crippen molar-refractivity contribution in [2.75, 3.05) is 18.5 Å². The molecule has 2 heterocycles. The first-order chi connectivity index (χ1) is 14.4. The number of ether oxygens (including phenoxy) is 1. The van der Waals surface area contributed by atoms with Crippen molar-refractivity contribution in [3.05, 3.63) is 57.6 Å². The minimum absolute atomic E-state index is 0.258. The van der Waals surface area contributed by atoms with Crippen LogP contribution in [0.1, 0.15) is 38.0 Å². The molecule has 4 rings (SSSR count). The van der Waals surface area contributed by atoms with Crippen molar-refractivity contribution < 1.29 is 23.9 Å². The lowest BCUT2D eigenvalue weighted by atomic mass is 10.1. The summed E-state index contributed by atoms with van der Waals surface area (Å²) in [6.45, 7) is 1.58. The molecule has 1 aliphatic rings. The Bertz CT molecular complexity index is 1220. The van der Waals surface area contributed by atoms with Crippen molar-refractivity contribution in [2.24, 2.45) is 0 Å². The Kier molecular flexibility index (Phi) is 5.35. The molecule has 1 aliphatic heterocycles. The number of hydrogen-bond acceptors (Lipinski definition) is 7. The van der Waals surface area contributed by atoms with Gasteiger partial charge in [0, 0.05) is 4.47 Å². The summed E-state index contributed by atoms with van der Waals surface area (Å²) in [5.41, 5.74) is 1.52. The van der Waals surface area contributed by atoms with Gasteiger partial charge >= 0.3 is 5.97 Å². The largest absolute Gasteiger partial charge is 0.462 e. The number of imide groups is 1. The number of carbonyl (C=O) groups excluding carboxylic acids is 4. The number of amides is 3. The van der Waals surface area contributed by atoms with Gasteiger partial charge in [-0.1, -0.05) is 27.3 Å². The SMILES string of the molecule is CCOC(=O)c1ccc2nc(NC(=O)CN3C(=O)c4ccc(Br)cc4C3=O)sc2c1. The fraction of sp³-hybridized carbons (Fsp3) is 0.150. The summed E-state index contributed by atoms with van der Waals surface area (Å²) in [4.78, 5) is 54.5. The van der Waals surface area contributed by atoms with Crippen LogP contribution in [-0.4, -0.2) is 46.7 Å². The zero-order valence-corrected chi connectivity index (χ0v) is 18.0. The van der Waals surface area contributed by atoms with Gasteiger partial charge in [0.15, 0.2) is 5.13 Å². The van der Waals surface area contributed by atoms with Gasteiger partial charge < -0.3 is 10.1 Å². The van der Waals surface area contributed by atoms with Crippen LogP contribution < -0.4 is 5.32 Å². The van der Waals surface area contributed by atoms with Crippen molar-refractivity contribution in [1.82, 2.24) is 9.88 Å². The number of aromatic nitrogens is 1. The molecule has 0 unspecified atom stereocenters. The molecule has 1 N–H and O–H groups in total. The fourth-order valence-electron chi connectivity index (χ4n) is 3.03. The van der Waals surface area contributed by atoms with Crippen molar-refractivity contribution in [1.29, 1.82) is 0 Å². The molecule has 0 radical (unpaired) electrons. The van der Waals surface area contributed by atoms with E-state index in [1.807, 2.05) is 0 Å². The van der Waals surface area contributed by atoms with Crippen LogP contribution in [0.3, 0.4) is 0 Å². The van der Waals surface area contributed by atoms with Crippen molar-refractivity contribution >= 4 is 66.3 Å². The number of benzene rings is 2. The second-order valence-electron chi connectivity index (χ2n) is 6.36. The molecule has 0 atom stereocenters. The Morgan fingerprint density at radius 2 is 1.90 bits per heavy atom. The first-order valence-corrected chi connectivity index (χ1v) is 10.5. The summed E-state index contributed by atoms with van der Waals surface area (Å²) in [7, 11) is 0. The van der Waals surface area contributed by atoms with E-state index in [4.69, 9.17) is 4.74 Å². The number of anilines is 1. The number of nitrogens with zero attached hydrogens (tertiary/aromatic N) is 2. The van der Waals surface area contributed by atoms with Crippen LogP contribution in [0, 0.1) is 0 Å². The van der Waals surface area contributed by atoms with E-state index in [0.717, 1.165) is 4.90 Å². The summed E-state index contributed by atoms with van der Waals surface area (Å²) in [5.74, 6) is -2.01. The molecule has 0 spiro atoms. The highest BCUT2D eigenvalue weighted by molar-refractivity contribution is 9.10. The summed E-state index contributed by atoms with van der Waals surface area (Å²) < 4.78 is 6.35. The van der Waals surface area contributed by atoms with Crippen LogP contribution in [0.15, 0.2) is 40.9 Å². The summed E-state index contributed by atoms with van der Waals surface area (Å²) in [6, 6.07) is 9.68. The number of rotatable bonds is 5. The summed E-state index contributed by atoms with van der Waals surface area (Å²) >= 11 is 4.45. The molecule has 0 saturated heterocycles. The Morgan fingerprint density at radius 1 is 1.13 bits per heavy atom. The van der Waals surface area contributed by atoms with Gasteiger partial charge in [-0.3, -0.25) is 19.3 Å². The van der Waals surface area contributed by atoms with E-state index in [-0.39, 0.29) is 17.7 Å². The normalized spacial score (nSPS) is 12.9. The predicted octanol–water partition coefficient (Wildman–Crippen LogP) is 3.47. The number of thiazole rings is 1. The fourth-order valence-corrected chi connectivity index (χ4v) is 4.31. The predicted molar refractivity (Wildman–Crippen MR) is 114 cm³/mol. The second kappa shape index (κ2) is 7.96. The summed E-state index contributed by atoms with van der Waals surface area (Å²) in [6.07, 6.45) is 0. The molecule has 0 fully saturated rings. The van der Waals surface area contributed by atoms with E-state index < -0.39 is 30.2 Å². The average molecular weight is 488 g/mol. The standard InChI is InChI=1S/C20H14BrN3O5S/c1-2-29-19(28)10-3-6-14-15(7-10)30-20(22-14)23-16(25)9-24-17(26)12-5-4-11(21)8-13(12)18(24)27/h3-8H,2,9H2,1H3,(H,22,23,25). The van der Waals surface area contributed by atoms with Crippen LogP contribution in [0.5, 0.6) is 0 Å². The molecule has 8 nitrogen and oxygen atoms in total. The molecule has 10 heteroatoms. The first kappa shape index (κ1) is 20.2. The highest BCUT2D eigenvalue weighted by Crippen LogP contribution is 2.28. The molecule has 152 valence electrons. The molecule has 30 heavy (non-hydrogen) atoms. The molecule has 3 aromatic rings. The van der Waals surface area contributed by atoms with Gasteiger partial charge in [0.05, 0.1) is 33.5 Å². The van der Waals surface area contributed by atoms with Crippen LogP contribution >= 0.6 is 27.3 Å². The van der Waals surface area contributed by atoms with Crippen LogP contribution in [0.2, 0.25) is 0 Å². The van der Waals surface area contributed by atoms with Crippen molar-refractivity contribution in [3.8, 4) is 0 Å². The molecule has 0 bridgehead atoms. The van der Waals surface area contributed by atoms with Gasteiger partial charge in [-0.05, 0) is 43.3 Å². The number of hydrogen-bond donors (Lipinski definition) is 1. The van der Waals surface area contributed by atoms with E-state index in [9.17, 15) is 19.2 Å². The van der Waals surface area contributed by atoms with E-state index in [0.29, 0.717) is 25.4 Å². The van der Waals surface area contributed by atoms with Gasteiger partial charge in [-0.25, -0.2) is 9.78 Å². The van der Waals surface area contributed by atoms with E-state index in [1.165, 1.54) is 11.3 Å². The van der Waals surface area contributed by atoms with Crippen molar-refractivity contribution in [3.63, 3.8) is 0 Å². The van der Waals surface area contributed by atoms with E-state index in [1.54, 1.807) is 43.3 Å². The van der Waals surface area contributed by atoms with Gasteiger partial charge in [0.2, 0.25) is 5.91 Å². The van der Waals surface area contributed by atoms with Crippen LogP contribution in [-0.2, 0) is 9.53 Å². The Labute approximate surface area is 183 Å². The van der Waals surface area contributed by atoms with E-state index in [2.05, 4.69) is 26.2 Å². The number of nitrogens with one attached hydrogen (secondary N) is 1. The molecule has 0 saturated carbocycles. The monoisotopic (exact) mass is 487 g/mol. The van der Waals surface area contributed by atoms with Gasteiger partial charge in [0.1, 0.15) is 6.54 Å². The highest BCUT2D eigenvalue weighted by Gasteiger charge is 2.36. The number of carbonyl (C=O) groups is 4. The smallest absolute Gasteiger partial charge is 0.338 e. The second-order valence-corrected chi connectivity index (χ2v) is 8.30. The Hall–Kier alpha value is -3.11. The quantitative estimate of drug-likeness (QED) is 0.436. The third-order valence-corrected chi connectivity index (χ3v) is 5.81. The maximum atomic E-state index is 12.5. The van der Waals surface area contributed by atoms with Crippen molar-refractivity contribution in [2.45, 2.75) is 6.92 Å². The molecular weight excluding hydrogens is 474 g/mol. The van der Waals surface area contributed by atoms with Gasteiger partial charge in [-0.2, -0.15) is 0 Å². The molecule has 2 aromatic carbocycles. The third kappa shape index (κ3) is 3.71. The number of halogens is 1. The molecule has 3 amide bonds. The van der Waals surface area contributed by atoms with Crippen LogP contribution in [0.4, 0.5) is 5.13 Å². The maximum absolute atomic E-state index is 12.5. The minimum atomic E-state index is -0.548. The lowest BCUT2D eigenvalue weighted by Crippen LogP contribution is -2.37. The minimum Gasteiger partial charge on any atom is -0.462 e. The lowest BCUT2D eigenvalue weighted by molar-refractivity contribution is -0.116. The highest BCUT2D eigenvalue weighted by atomic mass is 79.9. The lowest BCUT2D eigenvalue weighted by Gasteiger charge is -2.12. The topological polar surface area (TPSA) is 106 Å². The molecule has 1 aromatic heterocycles. The van der Waals surface area contributed by atoms with Gasteiger partial charge in [0.25, 0.3) is 11.8 Å². The Morgan fingerprint density at radius 3 is 2.67 bits per heavy atom. The number of esters is 1. The zero-order valence-electron chi connectivity index (χ0n) is 15.6. The maximum Gasteiger partial charge on any atom is 0.338 e. The van der Waals surface area contributed by atoms with Crippen LogP contribution in [0.25, 0.3) is 10.2 Å². The summed E-state index contributed by atoms with van der Waals surface area (Å²) in [5, 5.41) is 2.91. The van der Waals surface area contributed by atoms with E-state index >= 15 is 0 Å². The van der Waals surface area contributed by atoms with Gasteiger partial charge in [-0.15, -0.1) is 0 Å². The molecule has 0 aliphatic carbocycles. The number of fused-ring (bicyclic) bond motifs is 2. The third-order valence-electron chi connectivity index (χ3n) is 4.38. The zero-order chi connectivity index (χ0) is 21.4. The molecular formula is C20H14BrN3O5S. The Balaban J connectivity index is 1.48. The first-order valence-electron chi connectivity index (χ1n) is 8.90. The average Bonchev–Trinajstić information content (AvgIpc) is 3.21.